The molecule has 3 aromatic rings. The average Bonchev–Trinajstić information content (AvgIpc) is 3.17. The Morgan fingerprint density at radius 2 is 1.68 bits per heavy atom. The van der Waals surface area contributed by atoms with Crippen LogP contribution in [0.4, 0.5) is 0 Å². The highest BCUT2D eigenvalue weighted by atomic mass is 16.2. The van der Waals surface area contributed by atoms with Crippen LogP contribution in [0.1, 0.15) is 58.6 Å². The third-order valence-corrected chi connectivity index (χ3v) is 6.54. The first-order valence-corrected chi connectivity index (χ1v) is 11.9. The quantitative estimate of drug-likeness (QED) is 0.409. The zero-order valence-corrected chi connectivity index (χ0v) is 19.0. The molecule has 0 spiro atoms. The number of imide groups is 1. The number of amides is 3. The molecule has 2 aliphatic rings. The number of carbonyl (C=O) groups excluding carboxylic acids is 3. The molecule has 3 amide bonds. The number of hydrogen-bond acceptors (Lipinski definition) is 5. The van der Waals surface area contributed by atoms with E-state index < -0.39 is 0 Å². The van der Waals surface area contributed by atoms with Crippen LogP contribution in [0.3, 0.4) is 0 Å². The Hall–Kier alpha value is -3.75. The summed E-state index contributed by atoms with van der Waals surface area (Å²) in [7, 11) is 0. The van der Waals surface area contributed by atoms with Crippen molar-refractivity contribution < 1.29 is 14.4 Å². The summed E-state index contributed by atoms with van der Waals surface area (Å²) in [6.07, 6.45) is 4.10. The molecule has 3 heterocycles. The zero-order chi connectivity index (χ0) is 23.7. The topological polar surface area (TPSA) is 106 Å². The van der Waals surface area contributed by atoms with Crippen LogP contribution >= 0.6 is 0 Å². The summed E-state index contributed by atoms with van der Waals surface area (Å²) in [4.78, 5) is 51.6. The van der Waals surface area contributed by atoms with Gasteiger partial charge in [0, 0.05) is 55.5 Å². The Bertz CT molecular complexity index is 1290. The fraction of sp³-hybridized carbons (Fsp3) is 0.400. The molecule has 9 nitrogen and oxygen atoms in total. The van der Waals surface area contributed by atoms with Crippen molar-refractivity contribution in [2.24, 2.45) is 0 Å². The molecule has 1 aromatic heterocycles. The van der Waals surface area contributed by atoms with Crippen LogP contribution < -0.4 is 11.0 Å². The molecule has 176 valence electrons. The molecule has 0 bridgehead atoms. The zero-order valence-electron chi connectivity index (χ0n) is 19.0. The van der Waals surface area contributed by atoms with Gasteiger partial charge in [-0.3, -0.25) is 23.9 Å². The van der Waals surface area contributed by atoms with Gasteiger partial charge in [-0.05, 0) is 43.2 Å². The van der Waals surface area contributed by atoms with Crippen LogP contribution in [0.5, 0.6) is 0 Å². The molecule has 0 saturated heterocycles. The molecule has 5 rings (SSSR count). The Labute approximate surface area is 196 Å². The van der Waals surface area contributed by atoms with Crippen molar-refractivity contribution in [2.45, 2.75) is 51.6 Å². The summed E-state index contributed by atoms with van der Waals surface area (Å²) in [6, 6.07) is 10.9. The second kappa shape index (κ2) is 9.24. The number of fused-ring (bicyclic) bond motifs is 1. The van der Waals surface area contributed by atoms with Gasteiger partial charge < -0.3 is 5.32 Å². The van der Waals surface area contributed by atoms with E-state index in [2.05, 4.69) is 10.4 Å². The first kappa shape index (κ1) is 22.1. The lowest BCUT2D eigenvalue weighted by molar-refractivity contribution is -0.121. The minimum atomic E-state index is -0.317. The minimum Gasteiger partial charge on any atom is -0.356 e. The fourth-order valence-electron chi connectivity index (χ4n) is 4.82. The minimum absolute atomic E-state index is 0.0749. The molecular formula is C25H27N5O4. The van der Waals surface area contributed by atoms with E-state index in [-0.39, 0.29) is 36.4 Å². The lowest BCUT2D eigenvalue weighted by Crippen LogP contribution is -2.41. The van der Waals surface area contributed by atoms with Gasteiger partial charge in [-0.2, -0.15) is 5.10 Å². The number of benzene rings is 2. The van der Waals surface area contributed by atoms with Crippen molar-refractivity contribution in [3.8, 4) is 0 Å². The number of rotatable bonds is 8. The van der Waals surface area contributed by atoms with Gasteiger partial charge in [0.25, 0.3) is 11.8 Å². The smallest absolute Gasteiger partial charge is 0.345 e. The molecule has 2 aromatic carbocycles. The van der Waals surface area contributed by atoms with Gasteiger partial charge in [-0.1, -0.05) is 24.3 Å². The van der Waals surface area contributed by atoms with E-state index in [1.54, 1.807) is 16.7 Å². The standard InChI is InChI=1S/C25H27N5O4/c31-21(26-13-6-16-30-25(34)28-14-2-1-11-20(28)27-30)12-5-15-29-23(32)18-9-3-7-17-8-4-10-19(22(17)18)24(29)33/h3-4,7-10H,1-2,5-6,11-16H2,(H,26,31). The lowest BCUT2D eigenvalue weighted by atomic mass is 9.94. The second-order valence-corrected chi connectivity index (χ2v) is 8.81. The van der Waals surface area contributed by atoms with E-state index >= 15 is 0 Å². The third kappa shape index (κ3) is 4.02. The molecule has 0 unspecified atom stereocenters. The number of nitrogens with zero attached hydrogens (tertiary/aromatic N) is 4. The van der Waals surface area contributed by atoms with E-state index in [4.69, 9.17) is 0 Å². The number of carbonyl (C=O) groups is 3. The molecule has 0 saturated carbocycles. The van der Waals surface area contributed by atoms with Crippen LogP contribution in [0, 0.1) is 0 Å². The van der Waals surface area contributed by atoms with E-state index in [9.17, 15) is 19.2 Å². The molecule has 0 fully saturated rings. The van der Waals surface area contributed by atoms with Crippen molar-refractivity contribution in [3.63, 3.8) is 0 Å². The summed E-state index contributed by atoms with van der Waals surface area (Å²) in [5.74, 6) is 0.0719. The van der Waals surface area contributed by atoms with Crippen molar-refractivity contribution in [2.75, 3.05) is 13.1 Å². The summed E-state index contributed by atoms with van der Waals surface area (Å²) >= 11 is 0. The molecule has 2 aliphatic heterocycles. The first-order chi connectivity index (χ1) is 16.5. The van der Waals surface area contributed by atoms with Gasteiger partial charge in [0.1, 0.15) is 5.82 Å². The number of aryl methyl sites for hydroxylation is 2. The van der Waals surface area contributed by atoms with Gasteiger partial charge >= 0.3 is 5.69 Å². The van der Waals surface area contributed by atoms with Crippen molar-refractivity contribution in [1.29, 1.82) is 0 Å². The molecule has 9 heteroatoms. The van der Waals surface area contributed by atoms with E-state index in [0.29, 0.717) is 42.4 Å². The van der Waals surface area contributed by atoms with Crippen LogP contribution in [0.25, 0.3) is 10.8 Å². The van der Waals surface area contributed by atoms with Crippen molar-refractivity contribution >= 4 is 28.5 Å². The maximum Gasteiger partial charge on any atom is 0.345 e. The van der Waals surface area contributed by atoms with E-state index in [1.165, 1.54) is 9.58 Å². The highest BCUT2D eigenvalue weighted by molar-refractivity contribution is 6.25. The van der Waals surface area contributed by atoms with Crippen LogP contribution in [0.2, 0.25) is 0 Å². The Morgan fingerprint density at radius 1 is 0.941 bits per heavy atom. The Balaban J connectivity index is 1.09. The number of aromatic nitrogens is 3. The monoisotopic (exact) mass is 461 g/mol. The van der Waals surface area contributed by atoms with E-state index in [1.807, 2.05) is 24.3 Å². The molecular weight excluding hydrogens is 434 g/mol. The third-order valence-electron chi connectivity index (χ3n) is 6.54. The average molecular weight is 462 g/mol. The lowest BCUT2D eigenvalue weighted by Gasteiger charge is -2.27. The van der Waals surface area contributed by atoms with Crippen molar-refractivity contribution in [1.82, 2.24) is 24.6 Å². The van der Waals surface area contributed by atoms with Gasteiger partial charge in [0.15, 0.2) is 0 Å². The van der Waals surface area contributed by atoms with Gasteiger partial charge in [0.05, 0.1) is 0 Å². The molecule has 0 radical (unpaired) electrons. The highest BCUT2D eigenvalue weighted by Crippen LogP contribution is 2.30. The largest absolute Gasteiger partial charge is 0.356 e. The highest BCUT2D eigenvalue weighted by Gasteiger charge is 2.32. The predicted octanol–water partition coefficient (Wildman–Crippen LogP) is 2.12. The maximum absolute atomic E-state index is 12.9. The molecule has 1 N–H and O–H groups in total. The molecule has 34 heavy (non-hydrogen) atoms. The SMILES string of the molecule is O=C(CCCN1C(=O)c2cccc3cccc(c23)C1=O)NCCCn1nc2n(c1=O)CCCC2. The molecule has 0 atom stereocenters. The van der Waals surface area contributed by atoms with Crippen molar-refractivity contribution in [3.05, 3.63) is 63.8 Å². The van der Waals surface area contributed by atoms with Crippen LogP contribution in [-0.4, -0.2) is 50.1 Å². The van der Waals surface area contributed by atoms with Crippen LogP contribution in [0.15, 0.2) is 41.2 Å². The summed E-state index contributed by atoms with van der Waals surface area (Å²) in [6.45, 7) is 1.81. The Morgan fingerprint density at radius 3 is 2.38 bits per heavy atom. The maximum atomic E-state index is 12.9. The fourth-order valence-corrected chi connectivity index (χ4v) is 4.82. The summed E-state index contributed by atoms with van der Waals surface area (Å²) in [5, 5.41) is 8.82. The van der Waals surface area contributed by atoms with Gasteiger partial charge in [-0.25, -0.2) is 9.48 Å². The number of nitrogens with one attached hydrogen (secondary N) is 1. The second-order valence-electron chi connectivity index (χ2n) is 8.81. The van der Waals surface area contributed by atoms with Gasteiger partial charge in [-0.15, -0.1) is 0 Å². The Kier molecular flexibility index (Phi) is 6.00. The number of hydrogen-bond donors (Lipinski definition) is 1. The normalized spacial score (nSPS) is 15.0. The summed E-state index contributed by atoms with van der Waals surface area (Å²) in [5.41, 5.74) is 0.968. The van der Waals surface area contributed by atoms with Crippen LogP contribution in [-0.2, 0) is 24.3 Å². The summed E-state index contributed by atoms with van der Waals surface area (Å²) < 4.78 is 3.23. The first-order valence-electron chi connectivity index (χ1n) is 11.9. The van der Waals surface area contributed by atoms with E-state index in [0.717, 1.165) is 37.0 Å². The predicted molar refractivity (Wildman–Crippen MR) is 126 cm³/mol. The van der Waals surface area contributed by atoms with Gasteiger partial charge in [0.2, 0.25) is 5.91 Å². The molecule has 0 aliphatic carbocycles.